The van der Waals surface area contributed by atoms with Crippen LogP contribution in [0.25, 0.3) is 22.6 Å². The van der Waals surface area contributed by atoms with E-state index in [0.29, 0.717) is 5.89 Å². The van der Waals surface area contributed by atoms with Crippen LogP contribution in [0.1, 0.15) is 12.6 Å². The van der Waals surface area contributed by atoms with Crippen molar-refractivity contribution in [2.45, 2.75) is 24.9 Å². The van der Waals surface area contributed by atoms with E-state index in [-0.39, 0.29) is 13.0 Å². The SMILES string of the molecule is O=c1ccn(C2C[C@H](O)[C@@H](CO)O2)c(=O)[nH]1.c1ccc(-c2nc3ccccc3o2)cc1. The molecule has 2 aromatic carbocycles. The number of aliphatic hydroxyl groups is 2. The van der Waals surface area contributed by atoms with Gasteiger partial charge in [-0.3, -0.25) is 14.3 Å². The van der Waals surface area contributed by atoms with Gasteiger partial charge in [-0.05, 0) is 24.3 Å². The standard InChI is InChI=1S/C13H9NO.C9H12N2O5/c1-2-6-10(7-3-1)13-14-11-8-4-5-9-12(11)15-13;12-4-6-5(13)3-8(16-6)11-2-1-7(14)10-9(11)15/h1-9H;1-2,5-6,8,12-13H,3-4H2,(H,10,14,15)/t;5-,6+,8?/m.0/s1. The van der Waals surface area contributed by atoms with Gasteiger partial charge in [-0.1, -0.05) is 30.3 Å². The van der Waals surface area contributed by atoms with Crippen LogP contribution in [0.2, 0.25) is 0 Å². The molecule has 3 heterocycles. The predicted octanol–water partition coefficient (Wildman–Crippen LogP) is 1.67. The third kappa shape index (κ3) is 4.64. The van der Waals surface area contributed by atoms with Gasteiger partial charge in [0.25, 0.3) is 5.56 Å². The van der Waals surface area contributed by atoms with Crippen molar-refractivity contribution >= 4 is 11.1 Å². The van der Waals surface area contributed by atoms with Gasteiger partial charge in [-0.2, -0.15) is 0 Å². The molecule has 0 spiro atoms. The maximum atomic E-state index is 11.4. The monoisotopic (exact) mass is 423 g/mol. The molecule has 0 bridgehead atoms. The molecule has 31 heavy (non-hydrogen) atoms. The molecule has 4 aromatic rings. The smallest absolute Gasteiger partial charge is 0.330 e. The topological polar surface area (TPSA) is 131 Å². The number of oxazole rings is 1. The minimum Gasteiger partial charge on any atom is -0.436 e. The second kappa shape index (κ2) is 9.09. The fourth-order valence-electron chi connectivity index (χ4n) is 3.28. The summed E-state index contributed by atoms with van der Waals surface area (Å²) in [7, 11) is 0. The summed E-state index contributed by atoms with van der Waals surface area (Å²) < 4.78 is 12.1. The molecular weight excluding hydrogens is 402 g/mol. The molecule has 9 nitrogen and oxygen atoms in total. The van der Waals surface area contributed by atoms with Gasteiger partial charge in [-0.15, -0.1) is 0 Å². The number of nitrogens with one attached hydrogen (secondary N) is 1. The van der Waals surface area contributed by atoms with Crippen molar-refractivity contribution in [1.29, 1.82) is 0 Å². The lowest BCUT2D eigenvalue weighted by atomic mass is 10.2. The van der Waals surface area contributed by atoms with Gasteiger partial charge in [0.1, 0.15) is 17.8 Å². The van der Waals surface area contributed by atoms with Crippen molar-refractivity contribution in [3.05, 3.63) is 87.7 Å². The van der Waals surface area contributed by atoms with Gasteiger partial charge in [0.15, 0.2) is 5.58 Å². The highest BCUT2D eigenvalue weighted by Crippen LogP contribution is 2.27. The van der Waals surface area contributed by atoms with E-state index in [9.17, 15) is 14.7 Å². The van der Waals surface area contributed by atoms with E-state index in [4.69, 9.17) is 14.3 Å². The number of ether oxygens (including phenoxy) is 1. The number of benzene rings is 2. The van der Waals surface area contributed by atoms with Crippen LogP contribution in [-0.4, -0.2) is 43.6 Å². The van der Waals surface area contributed by atoms with Crippen LogP contribution in [0.4, 0.5) is 0 Å². The molecule has 160 valence electrons. The van der Waals surface area contributed by atoms with Crippen molar-refractivity contribution in [1.82, 2.24) is 14.5 Å². The molecule has 1 aliphatic heterocycles. The summed E-state index contributed by atoms with van der Waals surface area (Å²) in [4.78, 5) is 28.8. The third-order valence-electron chi connectivity index (χ3n) is 4.86. The van der Waals surface area contributed by atoms with Crippen LogP contribution >= 0.6 is 0 Å². The number of H-pyrrole nitrogens is 1. The number of hydrogen-bond acceptors (Lipinski definition) is 7. The molecule has 0 aliphatic carbocycles. The Balaban J connectivity index is 0.000000149. The molecule has 3 N–H and O–H groups in total. The summed E-state index contributed by atoms with van der Waals surface area (Å²) in [6.45, 7) is -0.310. The van der Waals surface area contributed by atoms with Crippen LogP contribution in [0, 0.1) is 0 Å². The maximum absolute atomic E-state index is 11.4. The quantitative estimate of drug-likeness (QED) is 0.457. The molecular formula is C22H21N3O6. The van der Waals surface area contributed by atoms with Gasteiger partial charge in [0.2, 0.25) is 5.89 Å². The Bertz CT molecular complexity index is 1230. The van der Waals surface area contributed by atoms with Crippen molar-refractivity contribution in [2.24, 2.45) is 0 Å². The van der Waals surface area contributed by atoms with Gasteiger partial charge in [0, 0.05) is 24.2 Å². The maximum Gasteiger partial charge on any atom is 0.330 e. The summed E-state index contributed by atoms with van der Waals surface area (Å²) >= 11 is 0. The van der Waals surface area contributed by atoms with Crippen LogP contribution in [0.5, 0.6) is 0 Å². The molecule has 5 rings (SSSR count). The Kier molecular flexibility index (Phi) is 6.08. The van der Waals surface area contributed by atoms with Gasteiger partial charge in [-0.25, -0.2) is 9.78 Å². The first-order valence-electron chi connectivity index (χ1n) is 9.72. The highest BCUT2D eigenvalue weighted by atomic mass is 16.5. The molecule has 1 fully saturated rings. The zero-order chi connectivity index (χ0) is 21.8. The molecule has 0 amide bonds. The van der Waals surface area contributed by atoms with Crippen molar-refractivity contribution in [2.75, 3.05) is 6.61 Å². The van der Waals surface area contributed by atoms with Crippen molar-refractivity contribution < 1.29 is 19.4 Å². The molecule has 1 aliphatic rings. The van der Waals surface area contributed by atoms with Crippen LogP contribution in [0.15, 0.2) is 80.9 Å². The summed E-state index contributed by atoms with van der Waals surface area (Å²) in [6.07, 6.45) is -0.649. The number of rotatable bonds is 3. The van der Waals surface area contributed by atoms with Crippen molar-refractivity contribution in [3.63, 3.8) is 0 Å². The summed E-state index contributed by atoms with van der Waals surface area (Å²) in [6, 6.07) is 18.9. The normalized spacial score (nSPS) is 20.4. The lowest BCUT2D eigenvalue weighted by Gasteiger charge is -2.13. The van der Waals surface area contributed by atoms with Crippen LogP contribution < -0.4 is 11.2 Å². The number of aromatic nitrogens is 3. The lowest BCUT2D eigenvalue weighted by molar-refractivity contribution is -0.0459. The zero-order valence-corrected chi connectivity index (χ0v) is 16.4. The van der Waals surface area contributed by atoms with Gasteiger partial charge in [0.05, 0.1) is 12.7 Å². The minimum atomic E-state index is -0.811. The predicted molar refractivity (Wildman–Crippen MR) is 112 cm³/mol. The number of aromatic amines is 1. The van der Waals surface area contributed by atoms with Crippen molar-refractivity contribution in [3.8, 4) is 11.5 Å². The molecule has 3 atom stereocenters. The Morgan fingerprint density at radius 2 is 1.81 bits per heavy atom. The van der Waals surface area contributed by atoms with E-state index >= 15 is 0 Å². The largest absolute Gasteiger partial charge is 0.436 e. The molecule has 2 aromatic heterocycles. The summed E-state index contributed by atoms with van der Waals surface area (Å²) in [5.41, 5.74) is 1.66. The third-order valence-corrected chi connectivity index (χ3v) is 4.86. The first-order valence-corrected chi connectivity index (χ1v) is 9.72. The Morgan fingerprint density at radius 1 is 1.06 bits per heavy atom. The molecule has 9 heteroatoms. The highest BCUT2D eigenvalue weighted by Gasteiger charge is 2.34. The van der Waals surface area contributed by atoms with Gasteiger partial charge >= 0.3 is 5.69 Å². The van der Waals surface area contributed by atoms with E-state index in [1.54, 1.807) is 0 Å². The van der Waals surface area contributed by atoms with Crippen LogP contribution in [-0.2, 0) is 4.74 Å². The van der Waals surface area contributed by atoms with E-state index in [1.807, 2.05) is 54.6 Å². The average molecular weight is 423 g/mol. The zero-order valence-electron chi connectivity index (χ0n) is 16.4. The number of para-hydroxylation sites is 2. The number of hydrogen-bond donors (Lipinski definition) is 3. The van der Waals surface area contributed by atoms with Crippen LogP contribution in [0.3, 0.4) is 0 Å². The minimum absolute atomic E-state index is 0.206. The van der Waals surface area contributed by atoms with E-state index in [1.165, 1.54) is 16.8 Å². The molecule has 0 saturated carbocycles. The molecule has 1 saturated heterocycles. The highest BCUT2D eigenvalue weighted by molar-refractivity contribution is 5.75. The van der Waals surface area contributed by atoms with E-state index < -0.39 is 29.7 Å². The average Bonchev–Trinajstić information content (AvgIpc) is 3.38. The Morgan fingerprint density at radius 3 is 2.48 bits per heavy atom. The Labute approximate surface area is 176 Å². The molecule has 0 radical (unpaired) electrons. The van der Waals surface area contributed by atoms with E-state index in [2.05, 4.69) is 9.97 Å². The van der Waals surface area contributed by atoms with E-state index in [0.717, 1.165) is 16.7 Å². The fourth-order valence-corrected chi connectivity index (χ4v) is 3.28. The lowest BCUT2D eigenvalue weighted by Crippen LogP contribution is -2.31. The first-order chi connectivity index (χ1) is 15.0. The number of aliphatic hydroxyl groups excluding tert-OH is 2. The summed E-state index contributed by atoms with van der Waals surface area (Å²) in [5.74, 6) is 0.678. The molecule has 1 unspecified atom stereocenters. The first kappa shape index (κ1) is 20.7. The Hall–Kier alpha value is -3.53. The number of nitrogens with zero attached hydrogens (tertiary/aromatic N) is 2. The summed E-state index contributed by atoms with van der Waals surface area (Å²) in [5, 5.41) is 18.4. The second-order valence-electron chi connectivity index (χ2n) is 6.98. The second-order valence-corrected chi connectivity index (χ2v) is 6.98. The fraction of sp³-hybridized carbons (Fsp3) is 0.227. The van der Waals surface area contributed by atoms with Gasteiger partial charge < -0.3 is 19.4 Å². The number of fused-ring (bicyclic) bond motifs is 1.